The van der Waals surface area contributed by atoms with Gasteiger partial charge in [-0.3, -0.25) is 0 Å². The van der Waals surface area contributed by atoms with Crippen LogP contribution in [0.15, 0.2) is 0 Å². The van der Waals surface area contributed by atoms with Crippen molar-refractivity contribution in [3.05, 3.63) is 0 Å². The Balaban J connectivity index is 4.07. The third-order valence-electron chi connectivity index (χ3n) is 3.37. The average molecular weight is 200 g/mol. The van der Waals surface area contributed by atoms with Crippen LogP contribution in [0.5, 0.6) is 0 Å². The zero-order valence-electron chi connectivity index (χ0n) is 10.2. The average Bonchev–Trinajstić information content (AvgIpc) is 2.15. The van der Waals surface area contributed by atoms with Crippen LogP contribution in [-0.2, 0) is 0 Å². The summed E-state index contributed by atoms with van der Waals surface area (Å²) in [5, 5.41) is 0. The lowest BCUT2D eigenvalue weighted by molar-refractivity contribution is 0.833. The number of unbranched alkanes of at least 4 members (excludes halogenated alkanes) is 1. The Bertz CT molecular complexity index is 104. The molecular weight excluding hydrogens is 172 g/mol. The van der Waals surface area contributed by atoms with Gasteiger partial charge in [0.15, 0.2) is 0 Å². The van der Waals surface area contributed by atoms with E-state index in [9.17, 15) is 0 Å². The van der Waals surface area contributed by atoms with E-state index in [1.807, 2.05) is 0 Å². The van der Waals surface area contributed by atoms with Crippen molar-refractivity contribution in [2.75, 3.05) is 0 Å². The van der Waals surface area contributed by atoms with Crippen LogP contribution in [0.1, 0.15) is 53.4 Å². The van der Waals surface area contributed by atoms with Crippen LogP contribution in [0.4, 0.5) is 0 Å². The highest BCUT2D eigenvalue weighted by Gasteiger charge is 2.27. The standard InChI is InChI=1S/C12H28Si/c1-5-9-12-13(8-4,10-6-2)11-7-3/h5-12H2,1-4H3. The van der Waals surface area contributed by atoms with E-state index in [-0.39, 0.29) is 0 Å². The summed E-state index contributed by atoms with van der Waals surface area (Å²) in [5.41, 5.74) is 0. The summed E-state index contributed by atoms with van der Waals surface area (Å²) < 4.78 is 0. The maximum Gasteiger partial charge on any atom is 0.0532 e. The molecule has 80 valence electrons. The molecule has 0 aliphatic carbocycles. The van der Waals surface area contributed by atoms with Crippen LogP contribution >= 0.6 is 0 Å². The quantitative estimate of drug-likeness (QED) is 0.480. The third kappa shape index (κ3) is 4.85. The molecule has 0 spiro atoms. The molecular formula is C12H28Si. The minimum atomic E-state index is -0.790. The Morgan fingerprint density at radius 3 is 1.54 bits per heavy atom. The van der Waals surface area contributed by atoms with Crippen LogP contribution in [0, 0.1) is 0 Å². The van der Waals surface area contributed by atoms with Gasteiger partial charge in [0, 0.05) is 0 Å². The monoisotopic (exact) mass is 200 g/mol. The third-order valence-corrected chi connectivity index (χ3v) is 9.41. The minimum Gasteiger partial charge on any atom is -0.0678 e. The molecule has 0 fully saturated rings. The van der Waals surface area contributed by atoms with E-state index in [1.54, 1.807) is 18.1 Å². The summed E-state index contributed by atoms with van der Waals surface area (Å²) in [6.07, 6.45) is 5.72. The lowest BCUT2D eigenvalue weighted by Crippen LogP contribution is -2.32. The fourth-order valence-electron chi connectivity index (χ4n) is 2.52. The second-order valence-corrected chi connectivity index (χ2v) is 9.66. The van der Waals surface area contributed by atoms with Gasteiger partial charge in [-0.05, 0) is 0 Å². The van der Waals surface area contributed by atoms with Crippen molar-refractivity contribution in [3.63, 3.8) is 0 Å². The smallest absolute Gasteiger partial charge is 0.0532 e. The Kier molecular flexibility index (Phi) is 7.73. The number of hydrogen-bond donors (Lipinski definition) is 0. The van der Waals surface area contributed by atoms with Gasteiger partial charge in [0.1, 0.15) is 0 Å². The summed E-state index contributed by atoms with van der Waals surface area (Å²) >= 11 is 0. The van der Waals surface area contributed by atoms with Gasteiger partial charge in [-0.15, -0.1) is 0 Å². The molecule has 0 saturated carbocycles. The molecule has 0 rings (SSSR count). The van der Waals surface area contributed by atoms with E-state index < -0.39 is 8.07 Å². The highest BCUT2D eigenvalue weighted by atomic mass is 28.3. The molecule has 0 aromatic rings. The second kappa shape index (κ2) is 7.60. The SMILES string of the molecule is CCCC[Si](CC)(CCC)CCC. The molecule has 13 heavy (non-hydrogen) atoms. The fourth-order valence-corrected chi connectivity index (χ4v) is 7.55. The predicted octanol–water partition coefficient (Wildman–Crippen LogP) is 5.08. The molecule has 0 aliphatic rings. The molecule has 1 heteroatoms. The summed E-state index contributed by atoms with van der Waals surface area (Å²) in [7, 11) is -0.790. The molecule has 0 amide bonds. The molecule has 0 aliphatic heterocycles. The van der Waals surface area contributed by atoms with Crippen LogP contribution in [0.25, 0.3) is 0 Å². The van der Waals surface area contributed by atoms with Crippen molar-refractivity contribution in [3.8, 4) is 0 Å². The van der Waals surface area contributed by atoms with Crippen LogP contribution in [0.2, 0.25) is 24.2 Å². The molecule has 0 saturated heterocycles. The van der Waals surface area contributed by atoms with Crippen molar-refractivity contribution in [2.45, 2.75) is 77.6 Å². The van der Waals surface area contributed by atoms with Crippen molar-refractivity contribution >= 4 is 8.07 Å². The summed E-state index contributed by atoms with van der Waals surface area (Å²) in [6.45, 7) is 9.48. The number of rotatable bonds is 8. The summed E-state index contributed by atoms with van der Waals surface area (Å²) in [4.78, 5) is 0. The van der Waals surface area contributed by atoms with Crippen molar-refractivity contribution in [1.82, 2.24) is 0 Å². The van der Waals surface area contributed by atoms with E-state index in [0.29, 0.717) is 0 Å². The van der Waals surface area contributed by atoms with Gasteiger partial charge in [0.05, 0.1) is 8.07 Å². The lowest BCUT2D eigenvalue weighted by Gasteiger charge is -2.30. The van der Waals surface area contributed by atoms with Crippen LogP contribution < -0.4 is 0 Å². The largest absolute Gasteiger partial charge is 0.0678 e. The van der Waals surface area contributed by atoms with E-state index in [0.717, 1.165) is 0 Å². The summed E-state index contributed by atoms with van der Waals surface area (Å²) in [6, 6.07) is 6.28. The fraction of sp³-hybridized carbons (Fsp3) is 1.00. The molecule has 0 atom stereocenters. The van der Waals surface area contributed by atoms with Gasteiger partial charge in [-0.25, -0.2) is 0 Å². The van der Waals surface area contributed by atoms with Crippen molar-refractivity contribution < 1.29 is 0 Å². The first-order chi connectivity index (χ1) is 6.24. The maximum atomic E-state index is 2.44. The lowest BCUT2D eigenvalue weighted by atomic mass is 10.4. The van der Waals surface area contributed by atoms with E-state index in [2.05, 4.69) is 27.7 Å². The second-order valence-electron chi connectivity index (χ2n) is 4.46. The molecule has 0 aromatic carbocycles. The van der Waals surface area contributed by atoms with Gasteiger partial charge in [0.2, 0.25) is 0 Å². The predicted molar refractivity (Wildman–Crippen MR) is 66.1 cm³/mol. The van der Waals surface area contributed by atoms with Crippen LogP contribution in [-0.4, -0.2) is 8.07 Å². The highest BCUT2D eigenvalue weighted by molar-refractivity contribution is 6.79. The molecule has 0 N–H and O–H groups in total. The van der Waals surface area contributed by atoms with E-state index in [4.69, 9.17) is 0 Å². The minimum absolute atomic E-state index is 0.790. The molecule has 0 nitrogen and oxygen atoms in total. The molecule has 0 radical (unpaired) electrons. The topological polar surface area (TPSA) is 0 Å². The maximum absolute atomic E-state index is 2.44. The molecule has 0 unspecified atom stereocenters. The van der Waals surface area contributed by atoms with E-state index >= 15 is 0 Å². The first-order valence-electron chi connectivity index (χ1n) is 6.24. The van der Waals surface area contributed by atoms with Crippen molar-refractivity contribution in [1.29, 1.82) is 0 Å². The first-order valence-corrected chi connectivity index (χ1v) is 9.07. The zero-order chi connectivity index (χ0) is 10.2. The van der Waals surface area contributed by atoms with Gasteiger partial charge in [-0.1, -0.05) is 77.6 Å². The van der Waals surface area contributed by atoms with Crippen LogP contribution in [0.3, 0.4) is 0 Å². The Labute approximate surface area is 86.1 Å². The zero-order valence-corrected chi connectivity index (χ0v) is 11.2. The van der Waals surface area contributed by atoms with Crippen molar-refractivity contribution in [2.24, 2.45) is 0 Å². The number of hydrogen-bond acceptors (Lipinski definition) is 0. The Morgan fingerprint density at radius 1 is 0.692 bits per heavy atom. The normalized spacial score (nSPS) is 12.0. The van der Waals surface area contributed by atoms with Gasteiger partial charge in [-0.2, -0.15) is 0 Å². The Hall–Kier alpha value is 0.217. The summed E-state index contributed by atoms with van der Waals surface area (Å²) in [5.74, 6) is 0. The first kappa shape index (κ1) is 13.2. The molecule has 0 bridgehead atoms. The highest BCUT2D eigenvalue weighted by Crippen LogP contribution is 2.30. The van der Waals surface area contributed by atoms with Gasteiger partial charge in [0.25, 0.3) is 0 Å². The van der Waals surface area contributed by atoms with Gasteiger partial charge >= 0.3 is 0 Å². The van der Waals surface area contributed by atoms with Gasteiger partial charge < -0.3 is 0 Å². The molecule has 0 aromatic heterocycles. The molecule has 0 heterocycles. The Morgan fingerprint density at radius 2 is 1.23 bits per heavy atom. The van der Waals surface area contributed by atoms with E-state index in [1.165, 1.54) is 31.7 Å².